The van der Waals surface area contributed by atoms with Crippen LogP contribution in [0.1, 0.15) is 52.7 Å². The van der Waals surface area contributed by atoms with E-state index in [9.17, 15) is 30.4 Å². The minimum atomic E-state index is -3.02. The SMILES string of the molecule is C1CCOC1.Cc1cc(OCCCS(C)(=O)=O)ncc1-c1ccc(F)c(C(=O)O)c1.Cc1cc(OCCCS(C)(=O)=O)ncc1-c1ccc(F)c(CO)c1.[B]. The summed E-state index contributed by atoms with van der Waals surface area (Å²) in [6, 6.07) is 11.8. The summed E-state index contributed by atoms with van der Waals surface area (Å²) < 4.78 is 87.0. The first kappa shape index (κ1) is 46.7. The predicted molar refractivity (Wildman–Crippen MR) is 207 cm³/mol. The number of carboxylic acid groups (broad SMARTS) is 1. The Morgan fingerprint density at radius 1 is 0.764 bits per heavy atom. The number of aliphatic hydroxyl groups is 1. The highest BCUT2D eigenvalue weighted by Crippen LogP contribution is 2.28. The second kappa shape index (κ2) is 22.2. The number of ether oxygens (including phenoxy) is 3. The summed E-state index contributed by atoms with van der Waals surface area (Å²) in [5.74, 6) is -1.72. The van der Waals surface area contributed by atoms with Gasteiger partial charge in [0.1, 0.15) is 31.3 Å². The Balaban J connectivity index is 0.000000331. The largest absolute Gasteiger partial charge is 0.478 e. The molecule has 5 rings (SSSR count). The number of aromatic nitrogens is 2. The number of sulfone groups is 2. The van der Waals surface area contributed by atoms with Crippen molar-refractivity contribution in [2.45, 2.75) is 46.1 Å². The molecular formula is C38H46BF2N2O10S2. The molecule has 17 heteroatoms. The Morgan fingerprint density at radius 2 is 1.22 bits per heavy atom. The Hall–Kier alpha value is -4.45. The predicted octanol–water partition coefficient (Wildman–Crippen LogP) is 5.63. The summed E-state index contributed by atoms with van der Waals surface area (Å²) in [6.07, 6.45) is 8.81. The molecule has 0 spiro atoms. The van der Waals surface area contributed by atoms with E-state index in [-0.39, 0.29) is 45.3 Å². The van der Waals surface area contributed by atoms with Crippen LogP contribution in [-0.2, 0) is 31.0 Å². The third-order valence-corrected chi connectivity index (χ3v) is 9.91. The molecule has 1 aliphatic rings. The van der Waals surface area contributed by atoms with E-state index in [1.165, 1.54) is 43.5 Å². The van der Waals surface area contributed by atoms with Gasteiger partial charge in [-0.05, 0) is 86.1 Å². The monoisotopic (exact) mass is 803 g/mol. The van der Waals surface area contributed by atoms with E-state index < -0.39 is 42.8 Å². The molecule has 2 N–H and O–H groups in total. The maximum Gasteiger partial charge on any atom is 0.338 e. The van der Waals surface area contributed by atoms with Crippen molar-refractivity contribution in [3.8, 4) is 34.0 Å². The lowest BCUT2D eigenvalue weighted by Crippen LogP contribution is -2.08. The van der Waals surface area contributed by atoms with Crippen molar-refractivity contribution in [3.63, 3.8) is 0 Å². The number of carbonyl (C=O) groups is 1. The molecule has 0 atom stereocenters. The Morgan fingerprint density at radius 3 is 1.60 bits per heavy atom. The van der Waals surface area contributed by atoms with Crippen LogP contribution in [0.3, 0.4) is 0 Å². The van der Waals surface area contributed by atoms with Crippen LogP contribution in [0.2, 0.25) is 0 Å². The number of aliphatic hydroxyl groups excluding tert-OH is 1. The molecule has 0 bridgehead atoms. The quantitative estimate of drug-likeness (QED) is 0.119. The van der Waals surface area contributed by atoms with Crippen molar-refractivity contribution >= 4 is 34.1 Å². The minimum Gasteiger partial charge on any atom is -0.478 e. The summed E-state index contributed by atoms with van der Waals surface area (Å²) in [5.41, 5.74) is 4.25. The van der Waals surface area contributed by atoms with Gasteiger partial charge in [0, 0.05) is 75.4 Å². The van der Waals surface area contributed by atoms with E-state index in [1.54, 1.807) is 37.4 Å². The number of rotatable bonds is 14. The highest BCUT2D eigenvalue weighted by atomic mass is 32.2. The second-order valence-corrected chi connectivity index (χ2v) is 17.1. The van der Waals surface area contributed by atoms with E-state index in [2.05, 4.69) is 9.97 Å². The fourth-order valence-corrected chi connectivity index (χ4v) is 6.33. The van der Waals surface area contributed by atoms with Crippen LogP contribution in [0, 0.1) is 25.5 Å². The minimum absolute atomic E-state index is 0. The van der Waals surface area contributed by atoms with Crippen molar-refractivity contribution in [1.29, 1.82) is 0 Å². The highest BCUT2D eigenvalue weighted by Gasteiger charge is 2.14. The molecule has 1 fully saturated rings. The van der Waals surface area contributed by atoms with Crippen LogP contribution in [0.5, 0.6) is 11.8 Å². The number of benzene rings is 2. The molecule has 55 heavy (non-hydrogen) atoms. The van der Waals surface area contributed by atoms with Crippen LogP contribution >= 0.6 is 0 Å². The number of carboxylic acids is 1. The van der Waals surface area contributed by atoms with Gasteiger partial charge in [-0.2, -0.15) is 0 Å². The van der Waals surface area contributed by atoms with E-state index >= 15 is 0 Å². The van der Waals surface area contributed by atoms with Gasteiger partial charge in [0.25, 0.3) is 0 Å². The maximum atomic E-state index is 13.5. The summed E-state index contributed by atoms with van der Waals surface area (Å²) >= 11 is 0. The van der Waals surface area contributed by atoms with E-state index in [1.807, 2.05) is 6.92 Å². The first-order valence-electron chi connectivity index (χ1n) is 17.0. The highest BCUT2D eigenvalue weighted by molar-refractivity contribution is 7.90. The third kappa shape index (κ3) is 16.4. The number of pyridine rings is 2. The summed E-state index contributed by atoms with van der Waals surface area (Å²) in [7, 11) is -6.01. The zero-order valence-electron chi connectivity index (χ0n) is 31.3. The standard InChI is InChI=1S/C17H18FNO5S.C17H20FNO4S.C4H8O.B/c1-11-8-16(24-6-3-7-25(2,22)23)19-10-14(11)12-4-5-15(18)13(9-12)17(20)21;1-12-8-17(23-6-3-7-24(2,21)22)19-10-15(12)13-4-5-16(18)14(9-13)11-20;1-2-4-5-3-1;/h4-5,8-10H,3,6-7H2,1-2H3,(H,20,21);4-5,8-10,20H,3,6-7,11H2,1-2H3;1-4H2;. The molecule has 1 aliphatic heterocycles. The zero-order valence-corrected chi connectivity index (χ0v) is 32.9. The van der Waals surface area contributed by atoms with Crippen LogP contribution in [0.25, 0.3) is 22.3 Å². The molecule has 297 valence electrons. The van der Waals surface area contributed by atoms with Crippen molar-refractivity contribution in [2.75, 3.05) is 50.4 Å². The number of aryl methyl sites for hydroxylation is 2. The van der Waals surface area contributed by atoms with Gasteiger partial charge >= 0.3 is 5.97 Å². The molecule has 12 nitrogen and oxygen atoms in total. The van der Waals surface area contributed by atoms with Crippen LogP contribution in [0.4, 0.5) is 8.78 Å². The molecule has 2 aromatic heterocycles. The third-order valence-electron chi connectivity index (χ3n) is 7.85. The average Bonchev–Trinajstić information content (AvgIpc) is 3.70. The normalized spacial score (nSPS) is 12.3. The van der Waals surface area contributed by atoms with Gasteiger partial charge in [0.05, 0.1) is 36.9 Å². The Bertz CT molecular complexity index is 2090. The van der Waals surface area contributed by atoms with Gasteiger partial charge in [-0.1, -0.05) is 12.1 Å². The summed E-state index contributed by atoms with van der Waals surface area (Å²) in [4.78, 5) is 19.4. The number of halogens is 2. The summed E-state index contributed by atoms with van der Waals surface area (Å²) in [5, 5.41) is 18.2. The lowest BCUT2D eigenvalue weighted by atomic mass is 10.0. The molecule has 3 radical (unpaired) electrons. The Kier molecular flexibility index (Phi) is 18.8. The van der Waals surface area contributed by atoms with Crippen molar-refractivity contribution in [1.82, 2.24) is 9.97 Å². The molecule has 4 aromatic rings. The van der Waals surface area contributed by atoms with Crippen molar-refractivity contribution in [2.24, 2.45) is 0 Å². The molecule has 1 saturated heterocycles. The van der Waals surface area contributed by atoms with Gasteiger partial charge < -0.3 is 24.4 Å². The van der Waals surface area contributed by atoms with Gasteiger partial charge in [-0.25, -0.2) is 40.4 Å². The van der Waals surface area contributed by atoms with Crippen LogP contribution in [-0.4, -0.2) is 102 Å². The average molecular weight is 804 g/mol. The smallest absolute Gasteiger partial charge is 0.338 e. The molecule has 2 aromatic carbocycles. The molecule has 3 heterocycles. The first-order chi connectivity index (χ1) is 25.5. The fourth-order valence-electron chi connectivity index (χ4n) is 5.05. The van der Waals surface area contributed by atoms with Crippen molar-refractivity contribution in [3.05, 3.63) is 94.8 Å². The van der Waals surface area contributed by atoms with Gasteiger partial charge in [0.2, 0.25) is 11.8 Å². The first-order valence-corrected chi connectivity index (χ1v) is 21.1. The lowest BCUT2D eigenvalue weighted by molar-refractivity contribution is 0.0691. The second-order valence-electron chi connectivity index (χ2n) is 12.6. The van der Waals surface area contributed by atoms with Crippen LogP contribution in [0.15, 0.2) is 60.9 Å². The molecule has 0 amide bonds. The fraction of sp³-hybridized carbons (Fsp3) is 0.395. The molecule has 0 saturated carbocycles. The molecule has 0 unspecified atom stereocenters. The zero-order chi connectivity index (χ0) is 39.9. The van der Waals surface area contributed by atoms with Gasteiger partial charge in [-0.15, -0.1) is 0 Å². The number of aromatic carboxylic acids is 1. The Labute approximate surface area is 323 Å². The summed E-state index contributed by atoms with van der Waals surface area (Å²) in [6.45, 7) is 5.79. The van der Waals surface area contributed by atoms with Crippen molar-refractivity contribution < 1.29 is 54.8 Å². The van der Waals surface area contributed by atoms with Gasteiger partial charge in [0.15, 0.2) is 0 Å². The van der Waals surface area contributed by atoms with E-state index in [0.29, 0.717) is 35.7 Å². The number of hydrogen-bond donors (Lipinski definition) is 2. The number of hydrogen-bond acceptors (Lipinski definition) is 11. The maximum absolute atomic E-state index is 13.5. The molecule has 0 aliphatic carbocycles. The van der Waals surface area contributed by atoms with E-state index in [4.69, 9.17) is 24.4 Å². The van der Waals surface area contributed by atoms with Crippen LogP contribution < -0.4 is 9.47 Å². The number of nitrogens with zero attached hydrogens (tertiary/aromatic N) is 2. The van der Waals surface area contributed by atoms with Gasteiger partial charge in [-0.3, -0.25) is 0 Å². The van der Waals surface area contributed by atoms with E-state index in [0.717, 1.165) is 47.8 Å². The lowest BCUT2D eigenvalue weighted by Gasteiger charge is -2.10. The topological polar surface area (TPSA) is 179 Å². The molecular weight excluding hydrogens is 757 g/mol.